The summed E-state index contributed by atoms with van der Waals surface area (Å²) in [4.78, 5) is 0. The summed E-state index contributed by atoms with van der Waals surface area (Å²) in [6, 6.07) is 0. The van der Waals surface area contributed by atoms with Gasteiger partial charge in [0.25, 0.3) is 0 Å². The summed E-state index contributed by atoms with van der Waals surface area (Å²) < 4.78 is 86.8. The average molecular weight is 408 g/mol. The van der Waals surface area contributed by atoms with Gasteiger partial charge in [-0.2, -0.15) is 0 Å². The van der Waals surface area contributed by atoms with Crippen LogP contribution in [0, 0.1) is 51.2 Å². The molecule has 0 aromatic carbocycles. The van der Waals surface area contributed by atoms with E-state index >= 15 is 0 Å². The first-order valence-corrected chi connectivity index (χ1v) is 6.74. The van der Waals surface area contributed by atoms with Crippen molar-refractivity contribution in [3.05, 3.63) is 51.2 Å². The molecule has 0 unspecified atom stereocenters. The van der Waals surface area contributed by atoms with Crippen molar-refractivity contribution in [2.45, 2.75) is 13.3 Å². The van der Waals surface area contributed by atoms with E-state index in [9.17, 15) is 25.2 Å². The van der Waals surface area contributed by atoms with Gasteiger partial charge in [0.2, 0.25) is 0 Å². The molecule has 1 aliphatic rings. The van der Waals surface area contributed by atoms with Crippen molar-refractivity contribution in [1.82, 2.24) is 0 Å². The van der Waals surface area contributed by atoms with E-state index in [1.165, 1.54) is 5.92 Å². The number of ether oxygens (including phenoxy) is 1. The van der Waals surface area contributed by atoms with Gasteiger partial charge in [0.1, 0.15) is 6.10 Å². The molecule has 5 radical (unpaired) electrons. The Morgan fingerprint density at radius 1 is 0.957 bits per heavy atom. The maximum absolute atomic E-state index is 10.7. The Labute approximate surface area is 141 Å². The molecule has 1 saturated carbocycles. The Kier molecular flexibility index (Phi) is 20.9. The van der Waals surface area contributed by atoms with Crippen LogP contribution in [0.1, 0.15) is 13.3 Å². The van der Waals surface area contributed by atoms with Crippen molar-refractivity contribution in [3.8, 4) is 0 Å². The summed E-state index contributed by atoms with van der Waals surface area (Å²) in [5.74, 6) is 1.24. The third-order valence-corrected chi connectivity index (χ3v) is 1.44. The third kappa shape index (κ3) is 52.2. The number of halogens is 6. The normalized spacial score (nSPS) is 17.0. The fourth-order valence-corrected chi connectivity index (χ4v) is 0.881. The maximum Gasteiger partial charge on any atom is 0 e. The molecule has 1 rings (SSSR count). The van der Waals surface area contributed by atoms with E-state index in [0.717, 1.165) is 12.5 Å². The van der Waals surface area contributed by atoms with Crippen molar-refractivity contribution < 1.29 is 60.9 Å². The molecule has 0 aliphatic heterocycles. The Hall–Kier alpha value is -0.291. The van der Waals surface area contributed by atoms with Gasteiger partial charge in [0.15, 0.2) is 0 Å². The number of methoxy groups -OCH3 is 1. The zero-order valence-electron chi connectivity index (χ0n) is 11.6. The summed E-state index contributed by atoms with van der Waals surface area (Å²) in [6.45, 7) is 15.6. The molecule has 23 heavy (non-hydrogen) atoms. The first kappa shape index (κ1) is 34.1. The molecule has 0 N–H and O–H groups in total. The molecule has 0 aromatic rings. The summed E-state index contributed by atoms with van der Waals surface area (Å²) in [6.07, 6.45) is 8.28. The molecule has 135 valence electrons. The molecule has 0 spiro atoms. The second-order valence-electron chi connectivity index (χ2n) is 3.05. The van der Waals surface area contributed by atoms with Crippen LogP contribution in [-0.2, 0) is 35.8 Å². The van der Waals surface area contributed by atoms with Gasteiger partial charge in [-0.3, -0.25) is 0 Å². The van der Waals surface area contributed by atoms with E-state index < -0.39 is 7.81 Å². The van der Waals surface area contributed by atoms with E-state index in [0.29, 0.717) is 0 Å². The molecule has 12 heteroatoms. The van der Waals surface area contributed by atoms with Crippen LogP contribution in [-0.4, -0.2) is 7.11 Å². The van der Waals surface area contributed by atoms with Crippen LogP contribution in [0.2, 0.25) is 0 Å². The predicted molar refractivity (Wildman–Crippen MR) is 62.0 cm³/mol. The van der Waals surface area contributed by atoms with Crippen molar-refractivity contribution in [3.63, 3.8) is 0 Å². The van der Waals surface area contributed by atoms with Crippen LogP contribution in [0.15, 0.2) is 0 Å². The number of hydrogen-bond acceptors (Lipinski definition) is 1. The number of hydrogen-bond donors (Lipinski definition) is 0. The fourth-order valence-electron chi connectivity index (χ4n) is 0.881. The fraction of sp³-hybridized carbons (Fsp3) is 0.273. The van der Waals surface area contributed by atoms with Gasteiger partial charge >= 0.3 is 66.9 Å². The third-order valence-electron chi connectivity index (χ3n) is 1.44. The van der Waals surface area contributed by atoms with Gasteiger partial charge < -0.3 is 4.74 Å². The molecule has 0 aromatic heterocycles. The molecule has 1 fully saturated rings. The Morgan fingerprint density at radius 3 is 1.43 bits per heavy atom. The van der Waals surface area contributed by atoms with Crippen LogP contribution in [0.5, 0.6) is 0 Å². The Balaban J connectivity index is -0.0000000696. The standard InChI is InChI=1S/C8H11O.3CO.F6P.Fe/c1-7-5-3-4-6-8(7)9-2;3*1-2;1-7(2,3,4,5)6;/h4-6H,3H2,1-2H3;;;;;/q;;;;-1;. The van der Waals surface area contributed by atoms with Gasteiger partial charge in [-0.15, -0.1) is 0 Å². The molecule has 0 bridgehead atoms. The maximum atomic E-state index is 9.87. The predicted octanol–water partition coefficient (Wildman–Crippen LogP) is 5.04. The summed E-state index contributed by atoms with van der Waals surface area (Å²) >= 11 is 0. The second kappa shape index (κ2) is 14.1. The van der Waals surface area contributed by atoms with Gasteiger partial charge in [-0.05, 0) is 19.3 Å². The molecule has 0 amide bonds. The molecule has 0 saturated heterocycles. The molecule has 4 nitrogen and oxygen atoms in total. The van der Waals surface area contributed by atoms with Crippen molar-refractivity contribution in [2.75, 3.05) is 7.11 Å². The minimum absolute atomic E-state index is 0. The first-order valence-electron chi connectivity index (χ1n) is 4.72. The van der Waals surface area contributed by atoms with Gasteiger partial charge in [0.05, 0.1) is 0 Å². The molecule has 0 atom stereocenters. The molecular formula is C11H11F6FeO4P-. The zero-order valence-corrected chi connectivity index (χ0v) is 13.6. The Morgan fingerprint density at radius 2 is 1.26 bits per heavy atom. The van der Waals surface area contributed by atoms with E-state index in [-0.39, 0.29) is 17.1 Å². The van der Waals surface area contributed by atoms with Crippen LogP contribution < -0.4 is 0 Å². The van der Waals surface area contributed by atoms with Gasteiger partial charge in [-0.1, -0.05) is 6.92 Å². The van der Waals surface area contributed by atoms with Crippen molar-refractivity contribution in [2.24, 2.45) is 0 Å². The van der Waals surface area contributed by atoms with E-state index in [1.54, 1.807) is 7.11 Å². The smallest absolute Gasteiger partial charge is 0 e. The minimum atomic E-state index is -10.7. The largest absolute Gasteiger partial charge is 0 e. The van der Waals surface area contributed by atoms with Crippen molar-refractivity contribution in [1.29, 1.82) is 0 Å². The summed E-state index contributed by atoms with van der Waals surface area (Å²) in [5.41, 5.74) is 0. The summed E-state index contributed by atoms with van der Waals surface area (Å²) in [7, 11) is -8.96. The zero-order chi connectivity index (χ0) is 19.1. The monoisotopic (exact) mass is 408 g/mol. The minimum Gasteiger partial charge on any atom is 0 e. The Bertz CT molecular complexity index is 314. The van der Waals surface area contributed by atoms with Crippen LogP contribution >= 0.6 is 7.81 Å². The van der Waals surface area contributed by atoms with E-state index in [2.05, 4.69) is 39.7 Å². The summed E-state index contributed by atoms with van der Waals surface area (Å²) in [5, 5.41) is 0. The second-order valence-corrected chi connectivity index (χ2v) is 4.97. The quantitative estimate of drug-likeness (QED) is 0.197. The number of rotatable bonds is 1. The van der Waals surface area contributed by atoms with E-state index in [4.69, 9.17) is 18.7 Å². The van der Waals surface area contributed by atoms with Crippen LogP contribution in [0.4, 0.5) is 25.2 Å². The van der Waals surface area contributed by atoms with E-state index in [1.807, 2.05) is 6.42 Å². The van der Waals surface area contributed by atoms with Gasteiger partial charge in [-0.25, -0.2) is 0 Å². The van der Waals surface area contributed by atoms with Crippen LogP contribution in [0.25, 0.3) is 0 Å². The van der Waals surface area contributed by atoms with Gasteiger partial charge in [0, 0.05) is 36.5 Å². The van der Waals surface area contributed by atoms with Crippen LogP contribution in [0.3, 0.4) is 0 Å². The topological polar surface area (TPSA) is 68.9 Å². The molecular weight excluding hydrogens is 397 g/mol. The molecule has 0 heterocycles. The SMILES string of the molecule is CO[C]1[CH][CH]C[CH][C]1C.F[P-](F)(F)(F)(F)F.[C-]#[O+].[C-]#[O+].[C-]#[O+].[Fe]. The average Bonchev–Trinajstić information content (AvgIpc) is 2.43. The molecule has 1 aliphatic carbocycles. The first-order chi connectivity index (χ1) is 9.79. The van der Waals surface area contributed by atoms with Crippen molar-refractivity contribution >= 4 is 7.81 Å².